The molecule has 0 unspecified atom stereocenters. The number of nitrogens with one attached hydrogen (secondary N) is 1. The van der Waals surface area contributed by atoms with Gasteiger partial charge >= 0.3 is 5.97 Å². The van der Waals surface area contributed by atoms with Gasteiger partial charge in [0, 0.05) is 16.4 Å². The highest BCUT2D eigenvalue weighted by molar-refractivity contribution is 9.10. The molecule has 1 aromatic carbocycles. The van der Waals surface area contributed by atoms with E-state index in [0.717, 1.165) is 10.9 Å². The Bertz CT molecular complexity index is 518. The van der Waals surface area contributed by atoms with Crippen molar-refractivity contribution in [1.29, 1.82) is 0 Å². The second kappa shape index (κ2) is 6.39. The van der Waals surface area contributed by atoms with Crippen molar-refractivity contribution in [3.8, 4) is 0 Å². The van der Waals surface area contributed by atoms with Crippen LogP contribution in [0.1, 0.15) is 31.2 Å². The van der Waals surface area contributed by atoms with E-state index >= 15 is 0 Å². The topological polar surface area (TPSA) is 55.4 Å². The highest BCUT2D eigenvalue weighted by atomic mass is 79.9. The maximum absolute atomic E-state index is 12.1. The first-order valence-corrected chi connectivity index (χ1v) is 7.43. The Kier molecular flexibility index (Phi) is 4.81. The smallest absolute Gasteiger partial charge is 0.307 e. The summed E-state index contributed by atoms with van der Waals surface area (Å²) in [5, 5.41) is 2.87. The lowest BCUT2D eigenvalue weighted by Gasteiger charge is -2.12. The van der Waals surface area contributed by atoms with Gasteiger partial charge in [-0.05, 0) is 37.0 Å². The van der Waals surface area contributed by atoms with Gasteiger partial charge in [0.05, 0.1) is 13.5 Å². The maximum atomic E-state index is 12.1. The van der Waals surface area contributed by atoms with Gasteiger partial charge in [-0.3, -0.25) is 9.59 Å². The quantitative estimate of drug-likeness (QED) is 0.839. The standard InChI is InChI=1S/C15H18BrNO3/c1-9(6-14(18)20-2)17-15(19)13-8-12(13)10-4-3-5-11(16)7-10/h3-5,7,9,12-13H,6,8H2,1-2H3,(H,17,19)/t9-,12+,13+/m0/s1. The van der Waals surface area contributed by atoms with Crippen molar-refractivity contribution >= 4 is 27.8 Å². The number of ether oxygens (including phenoxy) is 1. The van der Waals surface area contributed by atoms with Crippen molar-refractivity contribution in [3.63, 3.8) is 0 Å². The van der Waals surface area contributed by atoms with E-state index in [9.17, 15) is 9.59 Å². The van der Waals surface area contributed by atoms with Gasteiger partial charge in [0.2, 0.25) is 5.91 Å². The molecule has 3 atom stereocenters. The van der Waals surface area contributed by atoms with Gasteiger partial charge in [0.15, 0.2) is 0 Å². The first-order chi connectivity index (χ1) is 9.51. The summed E-state index contributed by atoms with van der Waals surface area (Å²) in [4.78, 5) is 23.2. The van der Waals surface area contributed by atoms with Gasteiger partial charge < -0.3 is 10.1 Å². The largest absolute Gasteiger partial charge is 0.469 e. The molecular formula is C15H18BrNO3. The van der Waals surface area contributed by atoms with E-state index < -0.39 is 0 Å². The number of carbonyl (C=O) groups excluding carboxylic acids is 2. The van der Waals surface area contributed by atoms with Crippen LogP contribution in [0.4, 0.5) is 0 Å². The number of methoxy groups -OCH3 is 1. The molecule has 1 saturated carbocycles. The van der Waals surface area contributed by atoms with E-state index in [0.29, 0.717) is 0 Å². The van der Waals surface area contributed by atoms with Crippen LogP contribution < -0.4 is 5.32 Å². The summed E-state index contributed by atoms with van der Waals surface area (Å²) in [6.45, 7) is 1.81. The minimum atomic E-state index is -0.308. The van der Waals surface area contributed by atoms with Crippen LogP contribution in [0.2, 0.25) is 0 Å². The van der Waals surface area contributed by atoms with E-state index in [1.165, 1.54) is 12.7 Å². The number of esters is 1. The zero-order valence-electron chi connectivity index (χ0n) is 11.6. The second-order valence-corrected chi connectivity index (χ2v) is 6.11. The number of hydrogen-bond acceptors (Lipinski definition) is 3. The van der Waals surface area contributed by atoms with E-state index in [1.807, 2.05) is 25.1 Å². The Hall–Kier alpha value is -1.36. The average Bonchev–Trinajstić information content (AvgIpc) is 3.18. The summed E-state index contributed by atoms with van der Waals surface area (Å²) in [6.07, 6.45) is 1.07. The second-order valence-electron chi connectivity index (χ2n) is 5.19. The van der Waals surface area contributed by atoms with Crippen molar-refractivity contribution in [3.05, 3.63) is 34.3 Å². The lowest BCUT2D eigenvalue weighted by Crippen LogP contribution is -2.35. The van der Waals surface area contributed by atoms with E-state index in [-0.39, 0.29) is 36.2 Å². The number of hydrogen-bond donors (Lipinski definition) is 1. The lowest BCUT2D eigenvalue weighted by atomic mass is 10.1. The molecule has 1 aliphatic rings. The molecular weight excluding hydrogens is 322 g/mol. The van der Waals surface area contributed by atoms with Crippen LogP contribution in [0.5, 0.6) is 0 Å². The predicted molar refractivity (Wildman–Crippen MR) is 79.2 cm³/mol. The number of halogens is 1. The van der Waals surface area contributed by atoms with Crippen LogP contribution in [0, 0.1) is 5.92 Å². The first-order valence-electron chi connectivity index (χ1n) is 6.64. The highest BCUT2D eigenvalue weighted by Gasteiger charge is 2.44. The third-order valence-corrected chi connectivity index (χ3v) is 3.99. The van der Waals surface area contributed by atoms with Crippen LogP contribution in [0.3, 0.4) is 0 Å². The average molecular weight is 340 g/mol. The summed E-state index contributed by atoms with van der Waals surface area (Å²) < 4.78 is 5.61. The molecule has 0 heterocycles. The summed E-state index contributed by atoms with van der Waals surface area (Å²) in [5.74, 6) is 0.0192. The molecule has 1 aromatic rings. The Balaban J connectivity index is 1.85. The minimum absolute atomic E-state index is 0.0180. The van der Waals surface area contributed by atoms with E-state index in [4.69, 9.17) is 0 Å². The number of carbonyl (C=O) groups is 2. The first kappa shape index (κ1) is 15.0. The van der Waals surface area contributed by atoms with Crippen LogP contribution in [-0.2, 0) is 14.3 Å². The molecule has 0 bridgehead atoms. The summed E-state index contributed by atoms with van der Waals surface area (Å²) in [7, 11) is 1.35. The Morgan fingerprint density at radius 2 is 2.25 bits per heavy atom. The molecule has 1 N–H and O–H groups in total. The fourth-order valence-electron chi connectivity index (χ4n) is 2.32. The third-order valence-electron chi connectivity index (χ3n) is 3.49. The fourth-order valence-corrected chi connectivity index (χ4v) is 2.74. The molecule has 0 saturated heterocycles. The monoisotopic (exact) mass is 339 g/mol. The Morgan fingerprint density at radius 3 is 2.90 bits per heavy atom. The predicted octanol–water partition coefficient (Wildman–Crippen LogP) is 2.62. The Morgan fingerprint density at radius 1 is 1.50 bits per heavy atom. The highest BCUT2D eigenvalue weighted by Crippen LogP contribution is 2.48. The van der Waals surface area contributed by atoms with E-state index in [2.05, 4.69) is 32.0 Å². The van der Waals surface area contributed by atoms with Gasteiger partial charge in [0.1, 0.15) is 0 Å². The van der Waals surface area contributed by atoms with Gasteiger partial charge in [-0.25, -0.2) is 0 Å². The fraction of sp³-hybridized carbons (Fsp3) is 0.467. The normalized spacial score (nSPS) is 21.9. The minimum Gasteiger partial charge on any atom is -0.469 e. The molecule has 0 spiro atoms. The van der Waals surface area contributed by atoms with Crippen molar-refractivity contribution in [2.45, 2.75) is 31.7 Å². The zero-order chi connectivity index (χ0) is 14.7. The van der Waals surface area contributed by atoms with Crippen molar-refractivity contribution in [2.75, 3.05) is 7.11 Å². The van der Waals surface area contributed by atoms with Crippen molar-refractivity contribution < 1.29 is 14.3 Å². The maximum Gasteiger partial charge on any atom is 0.307 e. The molecule has 0 aromatic heterocycles. The van der Waals surface area contributed by atoms with Crippen LogP contribution in [0.15, 0.2) is 28.7 Å². The van der Waals surface area contributed by atoms with Crippen LogP contribution in [0.25, 0.3) is 0 Å². The molecule has 5 heteroatoms. The number of amides is 1. The van der Waals surface area contributed by atoms with Crippen molar-refractivity contribution in [2.24, 2.45) is 5.92 Å². The molecule has 108 valence electrons. The summed E-state index contributed by atoms with van der Waals surface area (Å²) in [6, 6.07) is 7.85. The van der Waals surface area contributed by atoms with Gasteiger partial charge in [-0.15, -0.1) is 0 Å². The zero-order valence-corrected chi connectivity index (χ0v) is 13.1. The molecule has 0 radical (unpaired) electrons. The molecule has 1 amide bonds. The third kappa shape index (κ3) is 3.82. The van der Waals surface area contributed by atoms with Gasteiger partial charge in [-0.2, -0.15) is 0 Å². The lowest BCUT2D eigenvalue weighted by molar-refractivity contribution is -0.141. The van der Waals surface area contributed by atoms with Crippen LogP contribution in [-0.4, -0.2) is 25.0 Å². The molecule has 20 heavy (non-hydrogen) atoms. The van der Waals surface area contributed by atoms with Gasteiger partial charge in [0.25, 0.3) is 0 Å². The Labute approximate surface area is 127 Å². The summed E-state index contributed by atoms with van der Waals surface area (Å²) >= 11 is 3.44. The van der Waals surface area contributed by atoms with Crippen LogP contribution >= 0.6 is 15.9 Å². The van der Waals surface area contributed by atoms with Crippen molar-refractivity contribution in [1.82, 2.24) is 5.32 Å². The molecule has 2 rings (SSSR count). The van der Waals surface area contributed by atoms with E-state index in [1.54, 1.807) is 0 Å². The molecule has 0 aliphatic heterocycles. The molecule has 1 fully saturated rings. The number of rotatable bonds is 5. The van der Waals surface area contributed by atoms with Gasteiger partial charge in [-0.1, -0.05) is 28.1 Å². The molecule has 1 aliphatic carbocycles. The summed E-state index contributed by atoms with van der Waals surface area (Å²) in [5.41, 5.74) is 1.18. The number of benzene rings is 1. The SMILES string of the molecule is COC(=O)C[C@H](C)NC(=O)[C@@H]1C[C@@H]1c1cccc(Br)c1. The molecule has 4 nitrogen and oxygen atoms in total.